The van der Waals surface area contributed by atoms with Crippen molar-refractivity contribution in [3.05, 3.63) is 65.4 Å². The predicted molar refractivity (Wildman–Crippen MR) is 87.2 cm³/mol. The van der Waals surface area contributed by atoms with Crippen LogP contribution in [0.4, 0.5) is 0 Å². The van der Waals surface area contributed by atoms with Gasteiger partial charge in [0.2, 0.25) is 0 Å². The van der Waals surface area contributed by atoms with Gasteiger partial charge in [-0.25, -0.2) is 4.98 Å². The van der Waals surface area contributed by atoms with Crippen LogP contribution in [-0.2, 0) is 0 Å². The second-order valence-electron chi connectivity index (χ2n) is 4.51. The van der Waals surface area contributed by atoms with Crippen molar-refractivity contribution in [2.24, 2.45) is 0 Å². The fourth-order valence-electron chi connectivity index (χ4n) is 2.05. The average molecular weight is 341 g/mol. The van der Waals surface area contributed by atoms with Crippen LogP contribution < -0.4 is 4.74 Å². The molecule has 0 amide bonds. The third-order valence-corrected chi connectivity index (χ3v) is 3.61. The molecule has 3 aromatic rings. The Hall–Kier alpha value is -2.20. The van der Waals surface area contributed by atoms with Crippen LogP contribution in [-0.4, -0.2) is 17.1 Å². The maximum absolute atomic E-state index is 5.16. The lowest BCUT2D eigenvalue weighted by Crippen LogP contribution is -1.88. The first-order valence-electron chi connectivity index (χ1n) is 6.50. The SMILES string of the molecule is COc1ccc(-c2ccc(-c3cccc(Br)n3)nc2)cc1. The van der Waals surface area contributed by atoms with Crippen LogP contribution in [0.3, 0.4) is 0 Å². The van der Waals surface area contributed by atoms with Gasteiger partial charge in [0.1, 0.15) is 10.4 Å². The second kappa shape index (κ2) is 6.06. The normalized spacial score (nSPS) is 10.4. The zero-order valence-corrected chi connectivity index (χ0v) is 13.0. The van der Waals surface area contributed by atoms with Crippen LogP contribution in [0.5, 0.6) is 5.75 Å². The van der Waals surface area contributed by atoms with Crippen LogP contribution in [0.1, 0.15) is 0 Å². The molecule has 0 aliphatic carbocycles. The van der Waals surface area contributed by atoms with E-state index in [4.69, 9.17) is 4.74 Å². The van der Waals surface area contributed by atoms with Crippen LogP contribution in [0.2, 0.25) is 0 Å². The first-order valence-corrected chi connectivity index (χ1v) is 7.29. The highest BCUT2D eigenvalue weighted by atomic mass is 79.9. The van der Waals surface area contributed by atoms with E-state index in [2.05, 4.69) is 25.9 Å². The first-order chi connectivity index (χ1) is 10.3. The zero-order valence-electron chi connectivity index (χ0n) is 11.5. The Kier molecular flexibility index (Phi) is 3.97. The van der Waals surface area contributed by atoms with Crippen molar-refractivity contribution in [2.45, 2.75) is 0 Å². The lowest BCUT2D eigenvalue weighted by atomic mass is 10.1. The van der Waals surface area contributed by atoms with Crippen molar-refractivity contribution in [1.82, 2.24) is 9.97 Å². The van der Waals surface area contributed by atoms with E-state index >= 15 is 0 Å². The van der Waals surface area contributed by atoms with Crippen LogP contribution in [0.15, 0.2) is 65.4 Å². The minimum atomic E-state index is 0.807. The Morgan fingerprint density at radius 2 is 1.62 bits per heavy atom. The summed E-state index contributed by atoms with van der Waals surface area (Å²) in [7, 11) is 1.66. The number of hydrogen-bond donors (Lipinski definition) is 0. The van der Waals surface area contributed by atoms with E-state index in [9.17, 15) is 0 Å². The lowest BCUT2D eigenvalue weighted by Gasteiger charge is -2.05. The van der Waals surface area contributed by atoms with Crippen molar-refractivity contribution in [1.29, 1.82) is 0 Å². The summed E-state index contributed by atoms with van der Waals surface area (Å²) in [5, 5.41) is 0. The van der Waals surface area contributed by atoms with Gasteiger partial charge >= 0.3 is 0 Å². The monoisotopic (exact) mass is 340 g/mol. The summed E-state index contributed by atoms with van der Waals surface area (Å²) in [6, 6.07) is 17.7. The second-order valence-corrected chi connectivity index (χ2v) is 5.32. The van der Waals surface area contributed by atoms with Crippen LogP contribution in [0.25, 0.3) is 22.5 Å². The maximum Gasteiger partial charge on any atom is 0.118 e. The fourth-order valence-corrected chi connectivity index (χ4v) is 2.39. The van der Waals surface area contributed by atoms with Gasteiger partial charge in [-0.2, -0.15) is 0 Å². The molecule has 0 unspecified atom stereocenters. The third-order valence-electron chi connectivity index (χ3n) is 3.16. The molecule has 4 heteroatoms. The van der Waals surface area contributed by atoms with Gasteiger partial charge in [0.05, 0.1) is 18.5 Å². The topological polar surface area (TPSA) is 35.0 Å². The van der Waals surface area contributed by atoms with Gasteiger partial charge in [0, 0.05) is 11.8 Å². The Labute approximate surface area is 131 Å². The van der Waals surface area contributed by atoms with E-state index < -0.39 is 0 Å². The summed E-state index contributed by atoms with van der Waals surface area (Å²) in [4.78, 5) is 8.90. The van der Waals surface area contributed by atoms with Crippen LogP contribution in [0, 0.1) is 0 Å². The molecule has 0 aliphatic rings. The summed E-state index contributed by atoms with van der Waals surface area (Å²) in [5.41, 5.74) is 3.88. The van der Waals surface area contributed by atoms with Gasteiger partial charge in [0.25, 0.3) is 0 Å². The Bertz CT molecular complexity index is 739. The van der Waals surface area contributed by atoms with Gasteiger partial charge in [-0.15, -0.1) is 0 Å². The molecular formula is C17H13BrN2O. The van der Waals surface area contributed by atoms with Crippen molar-refractivity contribution >= 4 is 15.9 Å². The van der Waals surface area contributed by atoms with E-state index in [-0.39, 0.29) is 0 Å². The highest BCUT2D eigenvalue weighted by molar-refractivity contribution is 9.10. The van der Waals surface area contributed by atoms with Gasteiger partial charge in [-0.05, 0) is 51.8 Å². The number of rotatable bonds is 3. The summed E-state index contributed by atoms with van der Waals surface area (Å²) < 4.78 is 5.97. The summed E-state index contributed by atoms with van der Waals surface area (Å²) in [6.45, 7) is 0. The number of methoxy groups -OCH3 is 1. The highest BCUT2D eigenvalue weighted by Crippen LogP contribution is 2.24. The van der Waals surface area contributed by atoms with Gasteiger partial charge < -0.3 is 4.74 Å². The molecule has 3 rings (SSSR count). The third kappa shape index (κ3) is 3.11. The number of halogens is 1. The quantitative estimate of drug-likeness (QED) is 0.654. The zero-order chi connectivity index (χ0) is 14.7. The molecule has 3 nitrogen and oxygen atoms in total. The van der Waals surface area contributed by atoms with Crippen molar-refractivity contribution in [3.8, 4) is 28.3 Å². The van der Waals surface area contributed by atoms with E-state index in [1.165, 1.54) is 0 Å². The molecular weight excluding hydrogens is 328 g/mol. The predicted octanol–water partition coefficient (Wildman–Crippen LogP) is 4.58. The smallest absolute Gasteiger partial charge is 0.118 e. The molecule has 0 spiro atoms. The summed E-state index contributed by atoms with van der Waals surface area (Å²) in [5.74, 6) is 0.849. The summed E-state index contributed by atoms with van der Waals surface area (Å²) >= 11 is 3.37. The number of nitrogens with zero attached hydrogens (tertiary/aromatic N) is 2. The van der Waals surface area contributed by atoms with Crippen LogP contribution >= 0.6 is 15.9 Å². The van der Waals surface area contributed by atoms with E-state index in [1.807, 2.05) is 60.8 Å². The summed E-state index contributed by atoms with van der Waals surface area (Å²) in [6.07, 6.45) is 1.86. The molecule has 0 saturated carbocycles. The molecule has 0 atom stereocenters. The Morgan fingerprint density at radius 1 is 0.857 bits per heavy atom. The molecule has 1 aromatic carbocycles. The minimum absolute atomic E-state index is 0.807. The van der Waals surface area contributed by atoms with Crippen molar-refractivity contribution in [2.75, 3.05) is 7.11 Å². The molecule has 0 fully saturated rings. The van der Waals surface area contributed by atoms with E-state index in [0.717, 1.165) is 32.9 Å². The molecule has 21 heavy (non-hydrogen) atoms. The molecule has 2 heterocycles. The van der Waals surface area contributed by atoms with Crippen molar-refractivity contribution in [3.63, 3.8) is 0 Å². The fraction of sp³-hybridized carbons (Fsp3) is 0.0588. The standard InChI is InChI=1S/C17H13BrN2O/c1-21-14-8-5-12(6-9-14)13-7-10-15(19-11-13)16-3-2-4-17(18)20-16/h2-11H,1H3. The minimum Gasteiger partial charge on any atom is -0.497 e. The molecule has 0 aliphatic heterocycles. The highest BCUT2D eigenvalue weighted by Gasteiger charge is 2.03. The molecule has 104 valence electrons. The van der Waals surface area contributed by atoms with E-state index in [1.54, 1.807) is 7.11 Å². The first kappa shape index (κ1) is 13.8. The maximum atomic E-state index is 5.16. The number of pyridine rings is 2. The average Bonchev–Trinajstić information content (AvgIpc) is 2.55. The number of benzene rings is 1. The number of aromatic nitrogens is 2. The molecule has 2 aromatic heterocycles. The van der Waals surface area contributed by atoms with Gasteiger partial charge in [-0.3, -0.25) is 4.98 Å². The number of ether oxygens (including phenoxy) is 1. The Morgan fingerprint density at radius 3 is 2.24 bits per heavy atom. The van der Waals surface area contributed by atoms with E-state index in [0.29, 0.717) is 0 Å². The Balaban J connectivity index is 1.89. The molecule has 0 radical (unpaired) electrons. The van der Waals surface area contributed by atoms with Gasteiger partial charge in [0.15, 0.2) is 0 Å². The largest absolute Gasteiger partial charge is 0.497 e. The van der Waals surface area contributed by atoms with Gasteiger partial charge in [-0.1, -0.05) is 24.3 Å². The molecule has 0 saturated heterocycles. The molecule has 0 bridgehead atoms. The lowest BCUT2D eigenvalue weighted by molar-refractivity contribution is 0.415. The number of hydrogen-bond acceptors (Lipinski definition) is 3. The molecule has 0 N–H and O–H groups in total. The van der Waals surface area contributed by atoms with Crippen molar-refractivity contribution < 1.29 is 4.74 Å².